The average molecular weight is 385 g/mol. The summed E-state index contributed by atoms with van der Waals surface area (Å²) < 4.78 is 5.56. The highest BCUT2D eigenvalue weighted by atomic mass is 32.2. The molecule has 0 aliphatic carbocycles. The lowest BCUT2D eigenvalue weighted by atomic mass is 10.2. The first-order valence-electron chi connectivity index (χ1n) is 8.37. The number of hydrogen-bond donors (Lipinski definition) is 1. The van der Waals surface area contributed by atoms with E-state index in [4.69, 9.17) is 4.74 Å². The quantitative estimate of drug-likeness (QED) is 0.554. The number of nitrogens with zero attached hydrogens (tertiary/aromatic N) is 1. The number of rotatable bonds is 8. The maximum Gasteiger partial charge on any atom is 0.264 e. The minimum Gasteiger partial charge on any atom is -0.484 e. The fraction of sp³-hybridized carbons (Fsp3) is 0.200. The highest BCUT2D eigenvalue weighted by Gasteiger charge is 2.08. The van der Waals surface area contributed by atoms with E-state index in [1.165, 1.54) is 21.8 Å². The molecule has 3 rings (SSSR count). The average Bonchev–Trinajstić information content (AvgIpc) is 3.13. The van der Waals surface area contributed by atoms with Crippen molar-refractivity contribution < 1.29 is 9.53 Å². The van der Waals surface area contributed by atoms with Crippen LogP contribution in [0.2, 0.25) is 0 Å². The van der Waals surface area contributed by atoms with Crippen LogP contribution in [-0.4, -0.2) is 17.5 Å². The summed E-state index contributed by atoms with van der Waals surface area (Å²) in [5.74, 6) is 1.28. The van der Waals surface area contributed by atoms with E-state index in [9.17, 15) is 4.79 Å². The van der Waals surface area contributed by atoms with E-state index in [0.717, 1.165) is 17.9 Å². The van der Waals surface area contributed by atoms with Crippen molar-refractivity contribution in [2.75, 3.05) is 11.9 Å². The van der Waals surface area contributed by atoms with Crippen molar-refractivity contribution in [2.45, 2.75) is 24.0 Å². The second-order valence-corrected chi connectivity index (χ2v) is 7.49. The number of thioether (sulfide) groups is 1. The maximum absolute atomic E-state index is 12.1. The van der Waals surface area contributed by atoms with Crippen LogP contribution in [0.25, 0.3) is 0 Å². The second-order valence-electron chi connectivity index (χ2n) is 5.58. The van der Waals surface area contributed by atoms with E-state index in [1.54, 1.807) is 11.8 Å². The number of amides is 1. The molecule has 6 heteroatoms. The van der Waals surface area contributed by atoms with Crippen LogP contribution in [-0.2, 0) is 17.0 Å². The van der Waals surface area contributed by atoms with Crippen molar-refractivity contribution in [1.82, 2.24) is 4.98 Å². The third-order valence-electron chi connectivity index (χ3n) is 3.60. The standard InChI is InChI=1S/C20H20N2O2S2/c1-2-15-7-6-8-17(11-15)24-12-19(23)22-20-21-16(14-26-20)13-25-18-9-4-3-5-10-18/h3-11,14H,2,12-13H2,1H3,(H,21,22,23). The van der Waals surface area contributed by atoms with Gasteiger partial charge in [-0.1, -0.05) is 37.3 Å². The van der Waals surface area contributed by atoms with Gasteiger partial charge in [0.25, 0.3) is 5.91 Å². The van der Waals surface area contributed by atoms with Crippen LogP contribution < -0.4 is 10.1 Å². The molecule has 0 bridgehead atoms. The van der Waals surface area contributed by atoms with E-state index < -0.39 is 0 Å². The molecule has 1 aromatic heterocycles. The molecule has 0 atom stereocenters. The Bertz CT molecular complexity index is 850. The summed E-state index contributed by atoms with van der Waals surface area (Å²) >= 11 is 3.15. The van der Waals surface area contributed by atoms with E-state index in [2.05, 4.69) is 29.4 Å². The van der Waals surface area contributed by atoms with Crippen molar-refractivity contribution in [1.29, 1.82) is 0 Å². The Labute approximate surface area is 161 Å². The number of benzene rings is 2. The number of aromatic nitrogens is 1. The van der Waals surface area contributed by atoms with Crippen LogP contribution in [0.1, 0.15) is 18.2 Å². The first-order valence-corrected chi connectivity index (χ1v) is 10.2. The zero-order valence-electron chi connectivity index (χ0n) is 14.5. The van der Waals surface area contributed by atoms with Gasteiger partial charge in [-0.05, 0) is 36.2 Å². The predicted octanol–water partition coefficient (Wildman–Crippen LogP) is 5.02. The van der Waals surface area contributed by atoms with Gasteiger partial charge in [0.15, 0.2) is 11.7 Å². The summed E-state index contributed by atoms with van der Waals surface area (Å²) in [6.45, 7) is 2.06. The Balaban J connectivity index is 1.46. The van der Waals surface area contributed by atoms with E-state index in [0.29, 0.717) is 10.9 Å². The summed E-state index contributed by atoms with van der Waals surface area (Å²) in [7, 11) is 0. The zero-order chi connectivity index (χ0) is 18.2. The van der Waals surface area contributed by atoms with Gasteiger partial charge >= 0.3 is 0 Å². The molecule has 1 amide bonds. The van der Waals surface area contributed by atoms with Gasteiger partial charge in [-0.3, -0.25) is 10.1 Å². The number of carbonyl (C=O) groups is 1. The minimum absolute atomic E-state index is 0.0269. The molecule has 0 radical (unpaired) electrons. The molecule has 26 heavy (non-hydrogen) atoms. The smallest absolute Gasteiger partial charge is 0.264 e. The van der Waals surface area contributed by atoms with Crippen LogP contribution in [0.5, 0.6) is 5.75 Å². The molecule has 0 fully saturated rings. The number of aryl methyl sites for hydroxylation is 1. The molecule has 134 valence electrons. The molecule has 0 aliphatic heterocycles. The van der Waals surface area contributed by atoms with Gasteiger partial charge in [-0.2, -0.15) is 0 Å². The predicted molar refractivity (Wildman–Crippen MR) is 108 cm³/mol. The highest BCUT2D eigenvalue weighted by Crippen LogP contribution is 2.24. The number of carbonyl (C=O) groups excluding carboxylic acids is 1. The van der Waals surface area contributed by atoms with Gasteiger partial charge in [-0.15, -0.1) is 23.1 Å². The number of nitrogens with one attached hydrogen (secondary N) is 1. The van der Waals surface area contributed by atoms with Crippen molar-refractivity contribution in [2.24, 2.45) is 0 Å². The molecular formula is C20H20N2O2S2. The first-order chi connectivity index (χ1) is 12.7. The summed E-state index contributed by atoms with van der Waals surface area (Å²) in [6, 6.07) is 18.0. The molecule has 0 saturated heterocycles. The van der Waals surface area contributed by atoms with Crippen molar-refractivity contribution in [3.63, 3.8) is 0 Å². The van der Waals surface area contributed by atoms with E-state index in [1.807, 2.05) is 47.8 Å². The Kier molecular flexibility index (Phi) is 6.68. The molecule has 3 aromatic rings. The Morgan fingerprint density at radius 1 is 1.19 bits per heavy atom. The SMILES string of the molecule is CCc1cccc(OCC(=O)Nc2nc(CSc3ccccc3)cs2)c1. The minimum atomic E-state index is -0.205. The normalized spacial score (nSPS) is 10.5. The summed E-state index contributed by atoms with van der Waals surface area (Å²) in [4.78, 5) is 17.7. The monoisotopic (exact) mass is 384 g/mol. The zero-order valence-corrected chi connectivity index (χ0v) is 16.1. The van der Waals surface area contributed by atoms with Crippen LogP contribution >= 0.6 is 23.1 Å². The largest absolute Gasteiger partial charge is 0.484 e. The lowest BCUT2D eigenvalue weighted by Gasteiger charge is -2.07. The van der Waals surface area contributed by atoms with Crippen LogP contribution in [0.15, 0.2) is 64.9 Å². The van der Waals surface area contributed by atoms with E-state index >= 15 is 0 Å². The molecule has 1 heterocycles. The molecular weight excluding hydrogens is 364 g/mol. The second kappa shape index (κ2) is 9.40. The number of ether oxygens (including phenoxy) is 1. The lowest BCUT2D eigenvalue weighted by molar-refractivity contribution is -0.118. The molecule has 0 unspecified atom stereocenters. The summed E-state index contributed by atoms with van der Waals surface area (Å²) in [5.41, 5.74) is 2.14. The third-order valence-corrected chi connectivity index (χ3v) is 5.46. The first kappa shape index (κ1) is 18.5. The Hall–Kier alpha value is -2.31. The maximum atomic E-state index is 12.1. The van der Waals surface area contributed by atoms with Gasteiger partial charge in [0, 0.05) is 16.0 Å². The van der Waals surface area contributed by atoms with E-state index in [-0.39, 0.29) is 12.5 Å². The Morgan fingerprint density at radius 3 is 2.85 bits per heavy atom. The summed E-state index contributed by atoms with van der Waals surface area (Å²) in [5, 5.41) is 5.36. The fourth-order valence-corrected chi connectivity index (χ4v) is 3.91. The number of hydrogen-bond acceptors (Lipinski definition) is 5. The van der Waals surface area contributed by atoms with Gasteiger partial charge < -0.3 is 4.74 Å². The summed E-state index contributed by atoms with van der Waals surface area (Å²) in [6.07, 6.45) is 0.937. The van der Waals surface area contributed by atoms with Gasteiger partial charge in [0.2, 0.25) is 0 Å². The lowest BCUT2D eigenvalue weighted by Crippen LogP contribution is -2.20. The van der Waals surface area contributed by atoms with Crippen molar-refractivity contribution in [3.8, 4) is 5.75 Å². The molecule has 2 aromatic carbocycles. The molecule has 4 nitrogen and oxygen atoms in total. The third kappa shape index (κ3) is 5.61. The van der Waals surface area contributed by atoms with Crippen LogP contribution in [0.3, 0.4) is 0 Å². The van der Waals surface area contributed by atoms with Crippen molar-refractivity contribution >= 4 is 34.1 Å². The van der Waals surface area contributed by atoms with Gasteiger partial charge in [0.1, 0.15) is 5.75 Å². The fourth-order valence-electron chi connectivity index (χ4n) is 2.26. The van der Waals surface area contributed by atoms with Crippen molar-refractivity contribution in [3.05, 3.63) is 71.2 Å². The number of anilines is 1. The Morgan fingerprint density at radius 2 is 2.04 bits per heavy atom. The topological polar surface area (TPSA) is 51.2 Å². The molecule has 0 saturated carbocycles. The van der Waals surface area contributed by atoms with Crippen LogP contribution in [0.4, 0.5) is 5.13 Å². The molecule has 0 aliphatic rings. The van der Waals surface area contributed by atoms with Gasteiger partial charge in [-0.25, -0.2) is 4.98 Å². The number of thiazole rings is 1. The highest BCUT2D eigenvalue weighted by molar-refractivity contribution is 7.98. The van der Waals surface area contributed by atoms with Crippen LogP contribution in [0, 0.1) is 0 Å². The molecule has 0 spiro atoms. The molecule has 1 N–H and O–H groups in total. The van der Waals surface area contributed by atoms with Gasteiger partial charge in [0.05, 0.1) is 5.69 Å².